The summed E-state index contributed by atoms with van der Waals surface area (Å²) in [6.07, 6.45) is 0. The van der Waals surface area contributed by atoms with Gasteiger partial charge in [-0.05, 0) is 82.9 Å². The molecule has 9 aromatic carbocycles. The van der Waals surface area contributed by atoms with Crippen molar-refractivity contribution < 1.29 is 4.42 Å². The average Bonchev–Trinajstić information content (AvgIpc) is 3.84. The van der Waals surface area contributed by atoms with E-state index in [4.69, 9.17) is 4.42 Å². The van der Waals surface area contributed by atoms with Crippen LogP contribution in [0.1, 0.15) is 0 Å². The molecular weight excluding hydrogens is 693 g/mol. The molecule has 0 spiro atoms. The highest BCUT2D eigenvalue weighted by atomic mass is 16.3. The fourth-order valence-electron chi connectivity index (χ4n) is 8.55. The maximum Gasteiger partial charge on any atom is 0.143 e. The summed E-state index contributed by atoms with van der Waals surface area (Å²) in [5.41, 5.74) is 15.5. The zero-order valence-corrected chi connectivity index (χ0v) is 31.1. The number of rotatable bonds is 7. The third-order valence-corrected chi connectivity index (χ3v) is 11.2. The third kappa shape index (κ3) is 5.60. The first-order chi connectivity index (χ1) is 28.3. The van der Waals surface area contributed by atoms with Crippen LogP contribution in [-0.4, -0.2) is 4.57 Å². The van der Waals surface area contributed by atoms with Gasteiger partial charge in [0, 0.05) is 49.7 Å². The first kappa shape index (κ1) is 32.8. The van der Waals surface area contributed by atoms with Gasteiger partial charge in [0.1, 0.15) is 11.2 Å². The number of hydrogen-bond donors (Lipinski definition) is 0. The lowest BCUT2D eigenvalue weighted by Crippen LogP contribution is -2.10. The highest BCUT2D eigenvalue weighted by Crippen LogP contribution is 2.42. The van der Waals surface area contributed by atoms with E-state index in [2.05, 4.69) is 216 Å². The van der Waals surface area contributed by atoms with Crippen molar-refractivity contribution in [2.75, 3.05) is 4.90 Å². The number of anilines is 3. The second-order valence-electron chi connectivity index (χ2n) is 14.5. The van der Waals surface area contributed by atoms with Crippen LogP contribution in [0.25, 0.3) is 82.8 Å². The van der Waals surface area contributed by atoms with Crippen molar-refractivity contribution in [2.24, 2.45) is 0 Å². The summed E-state index contributed by atoms with van der Waals surface area (Å²) >= 11 is 0. The largest absolute Gasteiger partial charge is 0.455 e. The van der Waals surface area contributed by atoms with Crippen molar-refractivity contribution in [2.45, 2.75) is 0 Å². The minimum atomic E-state index is 0.905. The van der Waals surface area contributed by atoms with E-state index >= 15 is 0 Å². The molecule has 3 nitrogen and oxygen atoms in total. The molecule has 0 aliphatic rings. The third-order valence-electron chi connectivity index (χ3n) is 11.2. The van der Waals surface area contributed by atoms with E-state index in [1.165, 1.54) is 38.5 Å². The van der Waals surface area contributed by atoms with Crippen molar-refractivity contribution in [3.63, 3.8) is 0 Å². The first-order valence-corrected chi connectivity index (χ1v) is 19.4. The van der Waals surface area contributed by atoms with Crippen molar-refractivity contribution >= 4 is 60.8 Å². The highest BCUT2D eigenvalue weighted by Gasteiger charge is 2.18. The fraction of sp³-hybridized carbons (Fsp3) is 0. The zero-order chi connectivity index (χ0) is 37.7. The lowest BCUT2D eigenvalue weighted by Gasteiger charge is -2.26. The summed E-state index contributed by atoms with van der Waals surface area (Å²) in [5.74, 6) is 0. The smallest absolute Gasteiger partial charge is 0.143 e. The molecule has 3 heteroatoms. The van der Waals surface area contributed by atoms with Crippen molar-refractivity contribution in [1.29, 1.82) is 0 Å². The van der Waals surface area contributed by atoms with Gasteiger partial charge in [-0.25, -0.2) is 0 Å². The molecule has 2 heterocycles. The molecule has 0 bridgehead atoms. The molecule has 0 unspecified atom stereocenters. The van der Waals surface area contributed by atoms with Crippen LogP contribution in [0.5, 0.6) is 0 Å². The van der Waals surface area contributed by atoms with Crippen LogP contribution >= 0.6 is 0 Å². The summed E-state index contributed by atoms with van der Waals surface area (Å²) in [6.45, 7) is 0. The molecule has 0 aliphatic carbocycles. The van der Waals surface area contributed by atoms with Crippen LogP contribution in [-0.2, 0) is 0 Å². The van der Waals surface area contributed by atoms with E-state index in [0.29, 0.717) is 0 Å². The molecule has 11 aromatic rings. The van der Waals surface area contributed by atoms with Gasteiger partial charge < -0.3 is 13.9 Å². The number of furan rings is 1. The molecule has 0 amide bonds. The highest BCUT2D eigenvalue weighted by molar-refractivity contribution is 6.10. The molecule has 0 radical (unpaired) electrons. The van der Waals surface area contributed by atoms with Gasteiger partial charge in [0.05, 0.1) is 16.7 Å². The predicted octanol–water partition coefficient (Wildman–Crippen LogP) is 15.2. The number of fused-ring (bicyclic) bond motifs is 6. The average molecular weight is 729 g/mol. The van der Waals surface area contributed by atoms with Gasteiger partial charge in [0.2, 0.25) is 0 Å². The predicted molar refractivity (Wildman–Crippen MR) is 239 cm³/mol. The van der Waals surface area contributed by atoms with Gasteiger partial charge in [-0.2, -0.15) is 0 Å². The van der Waals surface area contributed by atoms with Gasteiger partial charge in [0.15, 0.2) is 0 Å². The maximum atomic E-state index is 6.42. The molecule has 0 aliphatic heterocycles. The molecular formula is C54H36N2O. The minimum Gasteiger partial charge on any atom is -0.455 e. The molecule has 2 aromatic heterocycles. The van der Waals surface area contributed by atoms with E-state index in [0.717, 1.165) is 61.4 Å². The SMILES string of the molecule is c1ccc(-c2cccc(N(c3ccc(-c4ccccc4-n4c5ccccc5c5ccccc54)cc3)c3ccc(-c4cccc5c4oc4ccccc45)cc3)c2)cc1. The van der Waals surface area contributed by atoms with Crippen LogP contribution in [0.4, 0.5) is 17.1 Å². The number of benzene rings is 9. The summed E-state index contributed by atoms with van der Waals surface area (Å²) in [4.78, 5) is 2.35. The second-order valence-corrected chi connectivity index (χ2v) is 14.5. The van der Waals surface area contributed by atoms with Crippen LogP contribution in [0, 0.1) is 0 Å². The Balaban J connectivity index is 1.02. The van der Waals surface area contributed by atoms with Gasteiger partial charge in [-0.3, -0.25) is 0 Å². The van der Waals surface area contributed by atoms with Gasteiger partial charge in [-0.15, -0.1) is 0 Å². The molecule has 0 atom stereocenters. The Bertz CT molecular complexity index is 3170. The maximum absolute atomic E-state index is 6.42. The number of hydrogen-bond acceptors (Lipinski definition) is 2. The number of para-hydroxylation sites is 5. The van der Waals surface area contributed by atoms with Gasteiger partial charge in [-0.1, -0.05) is 158 Å². The topological polar surface area (TPSA) is 21.3 Å². The Kier molecular flexibility index (Phi) is 7.82. The lowest BCUT2D eigenvalue weighted by molar-refractivity contribution is 0.670. The van der Waals surface area contributed by atoms with Crippen LogP contribution in [0.2, 0.25) is 0 Å². The molecule has 0 fully saturated rings. The van der Waals surface area contributed by atoms with Crippen molar-refractivity contribution in [3.05, 3.63) is 218 Å². The fourth-order valence-corrected chi connectivity index (χ4v) is 8.55. The molecule has 57 heavy (non-hydrogen) atoms. The van der Waals surface area contributed by atoms with Crippen molar-refractivity contribution in [1.82, 2.24) is 4.57 Å². The van der Waals surface area contributed by atoms with E-state index in [1.54, 1.807) is 0 Å². The molecule has 0 N–H and O–H groups in total. The van der Waals surface area contributed by atoms with Crippen LogP contribution in [0.15, 0.2) is 223 Å². The number of aromatic nitrogens is 1. The Morgan fingerprint density at radius 2 is 0.860 bits per heavy atom. The van der Waals surface area contributed by atoms with Gasteiger partial charge >= 0.3 is 0 Å². The Morgan fingerprint density at radius 1 is 0.333 bits per heavy atom. The van der Waals surface area contributed by atoms with Crippen molar-refractivity contribution in [3.8, 4) is 39.1 Å². The monoisotopic (exact) mass is 728 g/mol. The second kappa shape index (κ2) is 13.6. The Morgan fingerprint density at radius 3 is 1.58 bits per heavy atom. The summed E-state index contributed by atoms with van der Waals surface area (Å²) in [5, 5.41) is 4.78. The van der Waals surface area contributed by atoms with E-state index in [1.807, 2.05) is 12.1 Å². The quantitative estimate of drug-likeness (QED) is 0.163. The molecule has 0 saturated heterocycles. The summed E-state index contributed by atoms with van der Waals surface area (Å²) in [7, 11) is 0. The minimum absolute atomic E-state index is 0.905. The van der Waals surface area contributed by atoms with E-state index in [-0.39, 0.29) is 0 Å². The Labute approximate surface area is 330 Å². The molecule has 0 saturated carbocycles. The summed E-state index contributed by atoms with van der Waals surface area (Å²) in [6, 6.07) is 78.1. The van der Waals surface area contributed by atoms with Crippen LogP contribution in [0.3, 0.4) is 0 Å². The van der Waals surface area contributed by atoms with Gasteiger partial charge in [0.25, 0.3) is 0 Å². The lowest BCUT2D eigenvalue weighted by atomic mass is 10.0. The zero-order valence-electron chi connectivity index (χ0n) is 31.1. The van der Waals surface area contributed by atoms with E-state index in [9.17, 15) is 0 Å². The normalized spacial score (nSPS) is 11.5. The van der Waals surface area contributed by atoms with E-state index < -0.39 is 0 Å². The molecule has 11 rings (SSSR count). The molecule has 268 valence electrons. The summed E-state index contributed by atoms with van der Waals surface area (Å²) < 4.78 is 8.82. The Hall–Kier alpha value is -7.62. The van der Waals surface area contributed by atoms with Crippen LogP contribution < -0.4 is 4.90 Å². The number of nitrogens with zero attached hydrogens (tertiary/aromatic N) is 2. The standard InChI is InChI=1S/C54H36N2O/c1-2-14-37(15-3-1)40-16-12-17-43(36-40)55(42-34-30-39(31-35-42)45-22-13-23-49-48-21-7-11-27-53(48)57-54(45)49)41-32-28-38(29-33-41)44-18-4-8-24-50(44)56-51-25-9-5-19-46(51)47-20-6-10-26-52(47)56/h1-36H. The first-order valence-electron chi connectivity index (χ1n) is 19.4.